The summed E-state index contributed by atoms with van der Waals surface area (Å²) in [5.41, 5.74) is 2.36. The minimum atomic E-state index is -0.277. The summed E-state index contributed by atoms with van der Waals surface area (Å²) in [7, 11) is 1.60. The summed E-state index contributed by atoms with van der Waals surface area (Å²) in [6.45, 7) is -0.0338. The first-order chi connectivity index (χ1) is 12.1. The molecule has 0 unspecified atom stereocenters. The fourth-order valence-corrected chi connectivity index (χ4v) is 3.06. The van der Waals surface area contributed by atoms with Crippen molar-refractivity contribution in [2.75, 3.05) is 18.9 Å². The number of nitrogens with one attached hydrogen (secondary N) is 1. The highest BCUT2D eigenvalue weighted by Crippen LogP contribution is 2.24. The molecule has 1 N–H and O–H groups in total. The normalized spacial score (nSPS) is 10.3. The lowest BCUT2D eigenvalue weighted by molar-refractivity contribution is -0.116. The summed E-state index contributed by atoms with van der Waals surface area (Å²) in [6, 6.07) is 18.6. The second-order valence-electron chi connectivity index (χ2n) is 5.48. The topological polar surface area (TPSA) is 62.3 Å². The number of anilines is 1. The van der Waals surface area contributed by atoms with Gasteiger partial charge in [-0.2, -0.15) is 0 Å². The molecule has 0 atom stereocenters. The molecular formula is C19H17N3O2S. The molecule has 3 rings (SSSR count). The molecule has 2 aromatic carbocycles. The van der Waals surface area contributed by atoms with Crippen LogP contribution in [0.15, 0.2) is 66.0 Å². The molecular weight excluding hydrogens is 334 g/mol. The van der Waals surface area contributed by atoms with Crippen molar-refractivity contribution in [1.82, 2.24) is 9.88 Å². The zero-order valence-corrected chi connectivity index (χ0v) is 14.5. The number of rotatable bonds is 5. The van der Waals surface area contributed by atoms with Crippen molar-refractivity contribution in [2.24, 2.45) is 0 Å². The second kappa shape index (κ2) is 7.72. The first-order valence-corrected chi connectivity index (χ1v) is 8.63. The molecule has 1 heterocycles. The number of likely N-dealkylation sites (N-methyl/N-ethyl adjacent to an activating group) is 1. The van der Waals surface area contributed by atoms with Gasteiger partial charge in [0.2, 0.25) is 5.91 Å². The van der Waals surface area contributed by atoms with Crippen LogP contribution in [0.5, 0.6) is 0 Å². The first-order valence-electron chi connectivity index (χ1n) is 7.75. The van der Waals surface area contributed by atoms with Gasteiger partial charge in [0.25, 0.3) is 5.91 Å². The molecule has 6 heteroatoms. The van der Waals surface area contributed by atoms with Crippen LogP contribution in [-0.4, -0.2) is 35.3 Å². The van der Waals surface area contributed by atoms with Crippen molar-refractivity contribution >= 4 is 28.3 Å². The summed E-state index contributed by atoms with van der Waals surface area (Å²) in [5, 5.41) is 5.15. The van der Waals surface area contributed by atoms with Gasteiger partial charge in [0, 0.05) is 23.6 Å². The average Bonchev–Trinajstić information content (AvgIpc) is 3.10. The van der Waals surface area contributed by atoms with Gasteiger partial charge in [0.1, 0.15) is 0 Å². The quantitative estimate of drug-likeness (QED) is 0.765. The number of carbonyl (C=O) groups excluding carboxylic acids is 2. The molecule has 0 aliphatic heterocycles. The van der Waals surface area contributed by atoms with Gasteiger partial charge in [-0.05, 0) is 12.1 Å². The molecule has 0 radical (unpaired) electrons. The van der Waals surface area contributed by atoms with E-state index in [0.717, 1.165) is 11.3 Å². The molecule has 0 spiro atoms. The average molecular weight is 351 g/mol. The predicted molar refractivity (Wildman–Crippen MR) is 99.6 cm³/mol. The summed E-state index contributed by atoms with van der Waals surface area (Å²) in [5.74, 6) is -0.472. The Hall–Kier alpha value is -2.99. The summed E-state index contributed by atoms with van der Waals surface area (Å²) in [4.78, 5) is 30.2. The molecule has 2 amide bonds. The molecule has 3 aromatic rings. The van der Waals surface area contributed by atoms with Crippen molar-refractivity contribution in [3.63, 3.8) is 0 Å². The number of nitrogens with zero attached hydrogens (tertiary/aromatic N) is 2. The lowest BCUT2D eigenvalue weighted by atomic mass is 10.2. The van der Waals surface area contributed by atoms with E-state index in [1.54, 1.807) is 31.3 Å². The Kier molecular flexibility index (Phi) is 5.20. The van der Waals surface area contributed by atoms with E-state index in [4.69, 9.17) is 0 Å². The number of carbonyl (C=O) groups is 2. The minimum absolute atomic E-state index is 0.0338. The zero-order valence-electron chi connectivity index (χ0n) is 13.7. The summed E-state index contributed by atoms with van der Waals surface area (Å²) >= 11 is 1.36. The van der Waals surface area contributed by atoms with Crippen LogP contribution in [0.25, 0.3) is 11.3 Å². The predicted octanol–water partition coefficient (Wildman–Crippen LogP) is 3.52. The third-order valence-corrected chi connectivity index (χ3v) is 4.33. The van der Waals surface area contributed by atoms with E-state index >= 15 is 0 Å². The molecule has 0 bridgehead atoms. The third-order valence-electron chi connectivity index (χ3n) is 3.57. The van der Waals surface area contributed by atoms with E-state index in [-0.39, 0.29) is 18.4 Å². The molecule has 126 valence electrons. The fraction of sp³-hybridized carbons (Fsp3) is 0.105. The van der Waals surface area contributed by atoms with E-state index in [0.29, 0.717) is 10.7 Å². The van der Waals surface area contributed by atoms with Crippen molar-refractivity contribution < 1.29 is 9.59 Å². The maximum atomic E-state index is 12.3. The van der Waals surface area contributed by atoms with E-state index in [1.165, 1.54) is 16.2 Å². The molecule has 0 saturated heterocycles. The number of thiazole rings is 1. The van der Waals surface area contributed by atoms with Crippen LogP contribution in [0.1, 0.15) is 10.4 Å². The van der Waals surface area contributed by atoms with Gasteiger partial charge in [0.05, 0.1) is 12.2 Å². The Balaban J connectivity index is 1.59. The number of aromatic nitrogens is 1. The van der Waals surface area contributed by atoms with E-state index in [2.05, 4.69) is 10.3 Å². The maximum absolute atomic E-state index is 12.3. The Morgan fingerprint density at radius 2 is 1.68 bits per heavy atom. The van der Waals surface area contributed by atoms with Crippen LogP contribution in [0.4, 0.5) is 5.13 Å². The molecule has 5 nitrogen and oxygen atoms in total. The second-order valence-corrected chi connectivity index (χ2v) is 6.34. The van der Waals surface area contributed by atoms with Crippen molar-refractivity contribution in [1.29, 1.82) is 0 Å². The number of hydrogen-bond acceptors (Lipinski definition) is 4. The lowest BCUT2D eigenvalue weighted by Crippen LogP contribution is -2.34. The van der Waals surface area contributed by atoms with Gasteiger partial charge in [-0.3, -0.25) is 9.59 Å². The van der Waals surface area contributed by atoms with Crippen LogP contribution in [0.2, 0.25) is 0 Å². The Labute approximate surface area is 149 Å². The Morgan fingerprint density at radius 3 is 2.36 bits per heavy atom. The van der Waals surface area contributed by atoms with Crippen molar-refractivity contribution in [3.8, 4) is 11.3 Å². The maximum Gasteiger partial charge on any atom is 0.254 e. The van der Waals surface area contributed by atoms with E-state index < -0.39 is 0 Å². The van der Waals surface area contributed by atoms with Crippen molar-refractivity contribution in [3.05, 3.63) is 71.6 Å². The van der Waals surface area contributed by atoms with Crippen LogP contribution >= 0.6 is 11.3 Å². The first kappa shape index (κ1) is 16.9. The van der Waals surface area contributed by atoms with Crippen LogP contribution in [0.3, 0.4) is 0 Å². The Morgan fingerprint density at radius 1 is 1.04 bits per heavy atom. The third kappa shape index (κ3) is 4.30. The molecule has 25 heavy (non-hydrogen) atoms. The molecule has 0 saturated carbocycles. The summed E-state index contributed by atoms with van der Waals surface area (Å²) in [6.07, 6.45) is 0. The van der Waals surface area contributed by atoms with Crippen LogP contribution in [-0.2, 0) is 4.79 Å². The van der Waals surface area contributed by atoms with Crippen LogP contribution in [0, 0.1) is 0 Å². The standard InChI is InChI=1S/C19H17N3O2S/c1-22(18(24)15-10-6-3-7-11-15)12-17(23)21-19-20-16(13-25-19)14-8-4-2-5-9-14/h2-11,13H,12H2,1H3,(H,20,21,23). The zero-order chi connectivity index (χ0) is 17.6. The number of benzene rings is 2. The van der Waals surface area contributed by atoms with Gasteiger partial charge < -0.3 is 10.2 Å². The SMILES string of the molecule is CN(CC(=O)Nc1nc(-c2ccccc2)cs1)C(=O)c1ccccc1. The van der Waals surface area contributed by atoms with E-state index in [9.17, 15) is 9.59 Å². The van der Waals surface area contributed by atoms with E-state index in [1.807, 2.05) is 41.8 Å². The van der Waals surface area contributed by atoms with Gasteiger partial charge in [-0.15, -0.1) is 11.3 Å². The highest BCUT2D eigenvalue weighted by Gasteiger charge is 2.15. The van der Waals surface area contributed by atoms with Gasteiger partial charge in [-0.1, -0.05) is 48.5 Å². The monoisotopic (exact) mass is 351 g/mol. The van der Waals surface area contributed by atoms with Gasteiger partial charge in [0.15, 0.2) is 5.13 Å². The lowest BCUT2D eigenvalue weighted by Gasteiger charge is -2.16. The molecule has 0 aliphatic carbocycles. The number of amides is 2. The Bertz CT molecular complexity index is 863. The van der Waals surface area contributed by atoms with Crippen molar-refractivity contribution in [2.45, 2.75) is 0 Å². The largest absolute Gasteiger partial charge is 0.332 e. The smallest absolute Gasteiger partial charge is 0.254 e. The van der Waals surface area contributed by atoms with Crippen LogP contribution < -0.4 is 5.32 Å². The van der Waals surface area contributed by atoms with Gasteiger partial charge in [-0.25, -0.2) is 4.98 Å². The highest BCUT2D eigenvalue weighted by molar-refractivity contribution is 7.14. The number of hydrogen-bond donors (Lipinski definition) is 1. The molecule has 0 aliphatic rings. The fourth-order valence-electron chi connectivity index (χ4n) is 2.32. The molecule has 1 aromatic heterocycles. The van der Waals surface area contributed by atoms with Gasteiger partial charge >= 0.3 is 0 Å². The summed E-state index contributed by atoms with van der Waals surface area (Å²) < 4.78 is 0. The highest BCUT2D eigenvalue weighted by atomic mass is 32.1. The molecule has 0 fully saturated rings. The minimum Gasteiger partial charge on any atom is -0.332 e.